The van der Waals surface area contributed by atoms with Crippen molar-refractivity contribution in [1.82, 2.24) is 15.2 Å². The first-order valence-electron chi connectivity index (χ1n) is 10.1. The number of anilines is 1. The van der Waals surface area contributed by atoms with Crippen molar-refractivity contribution in [2.75, 3.05) is 37.6 Å². The van der Waals surface area contributed by atoms with E-state index >= 15 is 0 Å². The molecule has 1 amide bonds. The fourth-order valence-corrected chi connectivity index (χ4v) is 3.85. The highest BCUT2D eigenvalue weighted by atomic mass is 127. The average Bonchev–Trinajstić information content (AvgIpc) is 3.25. The molecule has 2 aromatic rings. The number of guanidine groups is 1. The molecule has 1 aliphatic rings. The average molecular weight is 558 g/mol. The van der Waals surface area contributed by atoms with Gasteiger partial charge in [0.05, 0.1) is 12.6 Å². The van der Waals surface area contributed by atoms with Crippen molar-refractivity contribution in [3.63, 3.8) is 0 Å². The number of halogens is 1. The molecule has 3 N–H and O–H groups in total. The van der Waals surface area contributed by atoms with Crippen LogP contribution in [0.2, 0.25) is 0 Å². The van der Waals surface area contributed by atoms with Gasteiger partial charge in [-0.25, -0.2) is 9.78 Å². The van der Waals surface area contributed by atoms with Crippen LogP contribution in [-0.2, 0) is 4.74 Å². The normalized spacial score (nSPS) is 15.8. The van der Waals surface area contributed by atoms with E-state index in [1.807, 2.05) is 62.7 Å². The summed E-state index contributed by atoms with van der Waals surface area (Å²) in [6, 6.07) is 9.40. The summed E-state index contributed by atoms with van der Waals surface area (Å²) in [7, 11) is 0. The van der Waals surface area contributed by atoms with Crippen LogP contribution in [-0.4, -0.2) is 60.3 Å². The quantitative estimate of drug-likeness (QED) is 0.332. The number of nitrogens with two attached hydrogens (primary N) is 1. The minimum absolute atomic E-state index is 0. The number of amides is 1. The number of benzene rings is 1. The van der Waals surface area contributed by atoms with E-state index in [9.17, 15) is 4.79 Å². The Labute approximate surface area is 204 Å². The number of ether oxygens (including phenoxy) is 1. The number of piperazine rings is 1. The number of aliphatic imine (C=N–C) groups is 1. The van der Waals surface area contributed by atoms with Crippen LogP contribution >= 0.6 is 35.3 Å². The first-order valence-corrected chi connectivity index (χ1v) is 10.9. The highest BCUT2D eigenvalue weighted by Gasteiger charge is 2.22. The zero-order valence-corrected chi connectivity index (χ0v) is 21.3. The Hall–Kier alpha value is -2.08. The lowest BCUT2D eigenvalue weighted by Crippen LogP contribution is -2.51. The van der Waals surface area contributed by atoms with E-state index in [1.165, 1.54) is 0 Å². The standard InChI is InChI=1S/C21H30N6O2S.HI/c1-21(2,3)29-20(28)25-17(16-7-5-4-6-8-16)15-24-18(22)26-10-12-27(13-11-26)19-23-9-14-30-19;/h4-9,14,17H,10-13,15H2,1-3H3,(H2,22,24)(H,25,28);1H. The molecule has 0 radical (unpaired) electrons. The molecule has 1 saturated heterocycles. The van der Waals surface area contributed by atoms with Crippen molar-refractivity contribution in [2.45, 2.75) is 32.4 Å². The number of aromatic nitrogens is 1. The molecular weight excluding hydrogens is 527 g/mol. The summed E-state index contributed by atoms with van der Waals surface area (Å²) in [5.74, 6) is 0.487. The predicted octanol–water partition coefficient (Wildman–Crippen LogP) is 3.46. The van der Waals surface area contributed by atoms with Gasteiger partial charge >= 0.3 is 6.09 Å². The third-order valence-corrected chi connectivity index (χ3v) is 5.45. The summed E-state index contributed by atoms with van der Waals surface area (Å²) < 4.78 is 5.41. The first kappa shape index (κ1) is 25.2. The summed E-state index contributed by atoms with van der Waals surface area (Å²) in [6.07, 6.45) is 1.35. The number of hydrogen-bond donors (Lipinski definition) is 2. The molecule has 1 unspecified atom stereocenters. The van der Waals surface area contributed by atoms with Crippen LogP contribution in [0.4, 0.5) is 9.93 Å². The largest absolute Gasteiger partial charge is 0.444 e. The molecule has 10 heteroatoms. The molecule has 1 atom stereocenters. The molecule has 2 heterocycles. The number of nitrogens with one attached hydrogen (secondary N) is 1. The van der Waals surface area contributed by atoms with Gasteiger partial charge in [-0.1, -0.05) is 30.3 Å². The van der Waals surface area contributed by atoms with Gasteiger partial charge in [0, 0.05) is 37.8 Å². The second kappa shape index (κ2) is 11.5. The Morgan fingerprint density at radius 1 is 1.26 bits per heavy atom. The van der Waals surface area contributed by atoms with Crippen LogP contribution in [0, 0.1) is 0 Å². The van der Waals surface area contributed by atoms with Crippen LogP contribution in [0.1, 0.15) is 32.4 Å². The Balaban J connectivity index is 0.00000341. The molecule has 170 valence electrons. The van der Waals surface area contributed by atoms with Gasteiger partial charge in [0.1, 0.15) is 5.60 Å². The Morgan fingerprint density at radius 3 is 2.52 bits per heavy atom. The van der Waals surface area contributed by atoms with E-state index < -0.39 is 11.7 Å². The van der Waals surface area contributed by atoms with Gasteiger partial charge in [-0.15, -0.1) is 35.3 Å². The first-order chi connectivity index (χ1) is 14.3. The van der Waals surface area contributed by atoms with Crippen molar-refractivity contribution in [3.05, 3.63) is 47.5 Å². The van der Waals surface area contributed by atoms with E-state index in [0.29, 0.717) is 12.5 Å². The van der Waals surface area contributed by atoms with E-state index in [4.69, 9.17) is 10.5 Å². The second-order valence-corrected chi connectivity index (χ2v) is 8.97. The number of alkyl carbamates (subject to hydrolysis) is 1. The maximum atomic E-state index is 12.3. The Kier molecular flexibility index (Phi) is 9.35. The van der Waals surface area contributed by atoms with E-state index in [-0.39, 0.29) is 30.0 Å². The number of carbonyl (C=O) groups is 1. The maximum Gasteiger partial charge on any atom is 0.408 e. The summed E-state index contributed by atoms with van der Waals surface area (Å²) in [5.41, 5.74) is 6.66. The molecule has 0 spiro atoms. The molecule has 1 aromatic heterocycles. The molecule has 1 aromatic carbocycles. The Morgan fingerprint density at radius 2 is 1.94 bits per heavy atom. The lowest BCUT2D eigenvalue weighted by molar-refractivity contribution is 0.0505. The van der Waals surface area contributed by atoms with E-state index in [0.717, 1.165) is 36.9 Å². The molecule has 0 bridgehead atoms. The van der Waals surface area contributed by atoms with Gasteiger partial charge in [-0.3, -0.25) is 4.99 Å². The summed E-state index contributed by atoms with van der Waals surface area (Å²) in [5, 5.41) is 5.94. The van der Waals surface area contributed by atoms with Gasteiger partial charge in [0.25, 0.3) is 0 Å². The SMILES string of the molecule is CC(C)(C)OC(=O)NC(CN=C(N)N1CCN(c2nccs2)CC1)c1ccccc1.I. The fourth-order valence-electron chi connectivity index (χ4n) is 3.15. The lowest BCUT2D eigenvalue weighted by atomic mass is 10.1. The number of thiazole rings is 1. The predicted molar refractivity (Wildman–Crippen MR) is 136 cm³/mol. The van der Waals surface area contributed by atoms with Gasteiger partial charge in [0.15, 0.2) is 11.1 Å². The van der Waals surface area contributed by atoms with Crippen LogP contribution in [0.25, 0.3) is 0 Å². The second-order valence-electron chi connectivity index (χ2n) is 8.10. The van der Waals surface area contributed by atoms with Crippen LogP contribution in [0.3, 0.4) is 0 Å². The topological polar surface area (TPSA) is 96.1 Å². The van der Waals surface area contributed by atoms with Gasteiger partial charge < -0.3 is 25.6 Å². The fraction of sp³-hybridized carbons (Fsp3) is 0.476. The molecule has 8 nitrogen and oxygen atoms in total. The molecule has 3 rings (SSSR count). The molecular formula is C21H31IN6O2S. The zero-order valence-electron chi connectivity index (χ0n) is 18.2. The van der Waals surface area contributed by atoms with E-state index in [1.54, 1.807) is 11.3 Å². The highest BCUT2D eigenvalue weighted by Crippen LogP contribution is 2.19. The highest BCUT2D eigenvalue weighted by molar-refractivity contribution is 14.0. The lowest BCUT2D eigenvalue weighted by Gasteiger charge is -2.35. The molecule has 1 fully saturated rings. The zero-order chi connectivity index (χ0) is 21.6. The summed E-state index contributed by atoms with van der Waals surface area (Å²) in [4.78, 5) is 25.6. The van der Waals surface area contributed by atoms with Crippen LogP contribution in [0.15, 0.2) is 46.9 Å². The van der Waals surface area contributed by atoms with Gasteiger partial charge in [-0.05, 0) is 26.3 Å². The van der Waals surface area contributed by atoms with E-state index in [2.05, 4.69) is 25.1 Å². The van der Waals surface area contributed by atoms with Crippen LogP contribution < -0.4 is 16.0 Å². The smallest absolute Gasteiger partial charge is 0.408 e. The van der Waals surface area contributed by atoms with Gasteiger partial charge in [-0.2, -0.15) is 0 Å². The third-order valence-electron chi connectivity index (χ3n) is 4.62. The minimum atomic E-state index is -0.565. The van der Waals surface area contributed by atoms with Crippen molar-refractivity contribution in [2.24, 2.45) is 10.7 Å². The van der Waals surface area contributed by atoms with Crippen molar-refractivity contribution in [3.8, 4) is 0 Å². The third kappa shape index (κ3) is 7.84. The number of hydrogen-bond acceptors (Lipinski definition) is 6. The number of nitrogens with zero attached hydrogens (tertiary/aromatic N) is 4. The Bertz CT molecular complexity index is 833. The van der Waals surface area contributed by atoms with Crippen LogP contribution in [0.5, 0.6) is 0 Å². The molecule has 0 aliphatic carbocycles. The molecule has 0 saturated carbocycles. The minimum Gasteiger partial charge on any atom is -0.444 e. The van der Waals surface area contributed by atoms with Crippen molar-refractivity contribution < 1.29 is 9.53 Å². The van der Waals surface area contributed by atoms with Crippen molar-refractivity contribution >= 4 is 52.5 Å². The maximum absolute atomic E-state index is 12.3. The van der Waals surface area contributed by atoms with Crippen molar-refractivity contribution in [1.29, 1.82) is 0 Å². The summed E-state index contributed by atoms with van der Waals surface area (Å²) >= 11 is 1.64. The molecule has 1 aliphatic heterocycles. The summed E-state index contributed by atoms with van der Waals surface area (Å²) in [6.45, 7) is 9.11. The van der Waals surface area contributed by atoms with Gasteiger partial charge in [0.2, 0.25) is 0 Å². The monoisotopic (exact) mass is 558 g/mol. The molecule has 31 heavy (non-hydrogen) atoms. The number of carbonyl (C=O) groups excluding carboxylic acids is 1. The number of rotatable bonds is 5.